The summed E-state index contributed by atoms with van der Waals surface area (Å²) in [6, 6.07) is 0. The number of methoxy groups -OCH3 is 1. The Hall–Kier alpha value is -0.680. The molecule has 1 rings (SSSR count). The lowest BCUT2D eigenvalue weighted by molar-refractivity contribution is 0.00960. The number of nitrogens with two attached hydrogens (primary N) is 1. The van der Waals surface area contributed by atoms with Gasteiger partial charge >= 0.3 is 0 Å². The largest absolute Gasteiger partial charge is 0.374 e. The van der Waals surface area contributed by atoms with E-state index >= 15 is 0 Å². The van der Waals surface area contributed by atoms with Gasteiger partial charge in [0.05, 0.1) is 0 Å². The topological polar surface area (TPSA) is 61.0 Å². The second-order valence-electron chi connectivity index (χ2n) is 3.97. The lowest BCUT2D eigenvalue weighted by atomic mass is 9.88. The second kappa shape index (κ2) is 3.59. The molecule has 13 heavy (non-hydrogen) atoms. The molecular weight excluding hydrogens is 186 g/mol. The van der Waals surface area contributed by atoms with Gasteiger partial charge in [-0.2, -0.15) is 4.37 Å². The Morgan fingerprint density at radius 1 is 1.46 bits per heavy atom. The molecule has 1 atom stereocenters. The van der Waals surface area contributed by atoms with E-state index < -0.39 is 0 Å². The molecule has 0 saturated carbocycles. The van der Waals surface area contributed by atoms with E-state index in [-0.39, 0.29) is 11.5 Å². The molecule has 0 amide bonds. The van der Waals surface area contributed by atoms with Crippen LogP contribution >= 0.6 is 11.5 Å². The number of rotatable bonds is 2. The average Bonchev–Trinajstić information content (AvgIpc) is 2.34. The molecule has 0 aliphatic rings. The van der Waals surface area contributed by atoms with Gasteiger partial charge in [0.2, 0.25) is 0 Å². The summed E-state index contributed by atoms with van der Waals surface area (Å²) in [5.41, 5.74) is 5.49. The van der Waals surface area contributed by atoms with E-state index in [9.17, 15) is 0 Å². The average molecular weight is 201 g/mol. The smallest absolute Gasteiger partial charge is 0.200 e. The number of hydrogen-bond acceptors (Lipinski definition) is 5. The van der Waals surface area contributed by atoms with Crippen LogP contribution in [0.15, 0.2) is 0 Å². The minimum absolute atomic E-state index is 0.0116. The third-order valence-corrected chi connectivity index (χ3v) is 2.27. The van der Waals surface area contributed by atoms with Gasteiger partial charge in [-0.15, -0.1) is 0 Å². The van der Waals surface area contributed by atoms with E-state index in [1.54, 1.807) is 7.11 Å². The highest BCUT2D eigenvalue weighted by molar-refractivity contribution is 7.09. The lowest BCUT2D eigenvalue weighted by Gasteiger charge is -2.26. The highest BCUT2D eigenvalue weighted by atomic mass is 32.1. The predicted octanol–water partition coefficient (Wildman–Crippen LogP) is 1.85. The molecule has 0 fully saturated rings. The summed E-state index contributed by atoms with van der Waals surface area (Å²) in [4.78, 5) is 4.11. The molecule has 0 radical (unpaired) electrons. The minimum atomic E-state index is -0.0963. The summed E-state index contributed by atoms with van der Waals surface area (Å²) in [5, 5.41) is 0.487. The zero-order chi connectivity index (χ0) is 10.1. The first-order chi connectivity index (χ1) is 5.95. The minimum Gasteiger partial charge on any atom is -0.374 e. The Morgan fingerprint density at radius 2 is 2.08 bits per heavy atom. The van der Waals surface area contributed by atoms with Crippen LogP contribution in [-0.4, -0.2) is 16.5 Å². The van der Waals surface area contributed by atoms with E-state index in [4.69, 9.17) is 10.5 Å². The van der Waals surface area contributed by atoms with Crippen LogP contribution < -0.4 is 5.73 Å². The van der Waals surface area contributed by atoms with Gasteiger partial charge < -0.3 is 10.5 Å². The second-order valence-corrected chi connectivity index (χ2v) is 4.76. The summed E-state index contributed by atoms with van der Waals surface area (Å²) in [5.74, 6) is 0.678. The predicted molar refractivity (Wildman–Crippen MR) is 53.5 cm³/mol. The van der Waals surface area contributed by atoms with Crippen molar-refractivity contribution in [2.75, 3.05) is 12.8 Å². The van der Waals surface area contributed by atoms with Crippen LogP contribution in [0.3, 0.4) is 0 Å². The van der Waals surface area contributed by atoms with E-state index in [1.807, 2.05) is 0 Å². The highest BCUT2D eigenvalue weighted by Gasteiger charge is 2.29. The number of nitrogen functional groups attached to an aromatic ring is 1. The van der Waals surface area contributed by atoms with E-state index in [0.29, 0.717) is 11.0 Å². The molecule has 0 spiro atoms. The number of hydrogen-bond donors (Lipinski definition) is 1. The molecule has 1 unspecified atom stereocenters. The van der Waals surface area contributed by atoms with Crippen molar-refractivity contribution >= 4 is 16.7 Å². The molecular formula is C8H15N3OS. The Bertz CT molecular complexity index is 279. The van der Waals surface area contributed by atoms with Gasteiger partial charge in [0.1, 0.15) is 6.10 Å². The van der Waals surface area contributed by atoms with Crippen LogP contribution in [0, 0.1) is 5.41 Å². The zero-order valence-corrected chi connectivity index (χ0v) is 9.18. The third-order valence-electron chi connectivity index (χ3n) is 1.71. The van der Waals surface area contributed by atoms with Crippen molar-refractivity contribution in [2.24, 2.45) is 5.41 Å². The standard InChI is InChI=1S/C8H15N3OS/c1-8(2,3)5(12-4)6-10-7(9)13-11-6/h5H,1-4H3,(H2,9,10,11). The van der Waals surface area contributed by atoms with Gasteiger partial charge in [-0.05, 0) is 5.41 Å². The van der Waals surface area contributed by atoms with E-state index in [0.717, 1.165) is 0 Å². The molecule has 0 saturated heterocycles. The van der Waals surface area contributed by atoms with Crippen molar-refractivity contribution in [3.63, 3.8) is 0 Å². The lowest BCUT2D eigenvalue weighted by Crippen LogP contribution is -2.21. The van der Waals surface area contributed by atoms with Crippen LogP contribution in [0.25, 0.3) is 0 Å². The Balaban J connectivity index is 2.91. The van der Waals surface area contributed by atoms with Crippen molar-refractivity contribution in [3.8, 4) is 0 Å². The Kier molecular flexibility index (Phi) is 2.87. The van der Waals surface area contributed by atoms with Gasteiger partial charge in [-0.3, -0.25) is 0 Å². The molecule has 4 nitrogen and oxygen atoms in total. The van der Waals surface area contributed by atoms with Crippen LogP contribution in [0.2, 0.25) is 0 Å². The zero-order valence-electron chi connectivity index (χ0n) is 8.37. The molecule has 5 heteroatoms. The molecule has 0 bridgehead atoms. The first-order valence-corrected chi connectivity index (χ1v) is 4.84. The molecule has 1 aromatic rings. The van der Waals surface area contributed by atoms with Crippen LogP contribution in [-0.2, 0) is 4.74 Å². The van der Waals surface area contributed by atoms with Crippen molar-refractivity contribution < 1.29 is 4.74 Å². The van der Waals surface area contributed by atoms with E-state index in [1.165, 1.54) is 11.5 Å². The molecule has 0 aliphatic heterocycles. The molecule has 1 aromatic heterocycles. The Morgan fingerprint density at radius 3 is 2.38 bits per heavy atom. The van der Waals surface area contributed by atoms with Gasteiger partial charge in [0.15, 0.2) is 11.0 Å². The first-order valence-electron chi connectivity index (χ1n) is 4.07. The Labute approximate surface area is 82.3 Å². The summed E-state index contributed by atoms with van der Waals surface area (Å²) in [6.07, 6.45) is -0.0963. The highest BCUT2D eigenvalue weighted by Crippen LogP contribution is 2.34. The van der Waals surface area contributed by atoms with Gasteiger partial charge in [0, 0.05) is 18.6 Å². The maximum absolute atomic E-state index is 5.50. The van der Waals surface area contributed by atoms with Gasteiger partial charge in [0.25, 0.3) is 0 Å². The summed E-state index contributed by atoms with van der Waals surface area (Å²) in [6.45, 7) is 6.25. The monoisotopic (exact) mass is 201 g/mol. The number of ether oxygens (including phenoxy) is 1. The van der Waals surface area contributed by atoms with Crippen molar-refractivity contribution in [3.05, 3.63) is 5.82 Å². The SMILES string of the molecule is COC(c1nsc(N)n1)C(C)(C)C. The number of aromatic nitrogens is 2. The normalized spacial score (nSPS) is 14.5. The fourth-order valence-electron chi connectivity index (χ4n) is 1.20. The van der Waals surface area contributed by atoms with Crippen molar-refractivity contribution in [1.82, 2.24) is 9.36 Å². The summed E-state index contributed by atoms with van der Waals surface area (Å²) < 4.78 is 9.47. The molecule has 74 valence electrons. The molecule has 0 aromatic carbocycles. The maximum atomic E-state index is 5.50. The van der Waals surface area contributed by atoms with E-state index in [2.05, 4.69) is 30.1 Å². The van der Waals surface area contributed by atoms with Crippen LogP contribution in [0.1, 0.15) is 32.7 Å². The van der Waals surface area contributed by atoms with Gasteiger partial charge in [-0.25, -0.2) is 4.98 Å². The molecule has 2 N–H and O–H groups in total. The number of nitrogens with zero attached hydrogens (tertiary/aromatic N) is 2. The maximum Gasteiger partial charge on any atom is 0.200 e. The van der Waals surface area contributed by atoms with Crippen molar-refractivity contribution in [1.29, 1.82) is 0 Å². The fraction of sp³-hybridized carbons (Fsp3) is 0.750. The summed E-state index contributed by atoms with van der Waals surface area (Å²) in [7, 11) is 1.66. The third kappa shape index (κ3) is 2.38. The quantitative estimate of drug-likeness (QED) is 0.793. The molecule has 0 aliphatic carbocycles. The van der Waals surface area contributed by atoms with Crippen LogP contribution in [0.5, 0.6) is 0 Å². The van der Waals surface area contributed by atoms with Gasteiger partial charge in [-0.1, -0.05) is 20.8 Å². The fourth-order valence-corrected chi connectivity index (χ4v) is 1.66. The molecule has 1 heterocycles. The van der Waals surface area contributed by atoms with Crippen molar-refractivity contribution in [2.45, 2.75) is 26.9 Å². The number of anilines is 1. The first kappa shape index (κ1) is 10.4. The summed E-state index contributed by atoms with van der Waals surface area (Å²) >= 11 is 1.20. The van der Waals surface area contributed by atoms with Crippen LogP contribution in [0.4, 0.5) is 5.13 Å².